The van der Waals surface area contributed by atoms with Crippen molar-refractivity contribution < 1.29 is 4.39 Å². The van der Waals surface area contributed by atoms with Gasteiger partial charge in [0.15, 0.2) is 0 Å². The summed E-state index contributed by atoms with van der Waals surface area (Å²) < 4.78 is 13.7. The molecule has 5 heteroatoms. The highest BCUT2D eigenvalue weighted by molar-refractivity contribution is 6.30. The van der Waals surface area contributed by atoms with Crippen molar-refractivity contribution in [2.45, 2.75) is 6.54 Å². The summed E-state index contributed by atoms with van der Waals surface area (Å²) in [5, 5.41) is 3.25. The molecule has 2 rings (SSSR count). The Morgan fingerprint density at radius 3 is 2.68 bits per heavy atom. The van der Waals surface area contributed by atoms with E-state index in [1.165, 1.54) is 6.07 Å². The SMILES string of the molecule is CN(C)c1ccc(NCc2cccc(Cl)c2F)cn1. The van der Waals surface area contributed by atoms with Crippen LogP contribution in [0.25, 0.3) is 0 Å². The highest BCUT2D eigenvalue weighted by atomic mass is 35.5. The van der Waals surface area contributed by atoms with E-state index in [2.05, 4.69) is 10.3 Å². The molecule has 0 aliphatic heterocycles. The van der Waals surface area contributed by atoms with E-state index < -0.39 is 0 Å². The van der Waals surface area contributed by atoms with Gasteiger partial charge in [0.05, 0.1) is 16.9 Å². The van der Waals surface area contributed by atoms with E-state index in [1.54, 1.807) is 18.3 Å². The molecule has 0 spiro atoms. The maximum absolute atomic E-state index is 13.7. The Morgan fingerprint density at radius 1 is 1.26 bits per heavy atom. The monoisotopic (exact) mass is 279 g/mol. The number of benzene rings is 1. The molecule has 0 radical (unpaired) electrons. The lowest BCUT2D eigenvalue weighted by atomic mass is 10.2. The van der Waals surface area contributed by atoms with Gasteiger partial charge in [-0.3, -0.25) is 0 Å². The van der Waals surface area contributed by atoms with Crippen LogP contribution in [0.2, 0.25) is 5.02 Å². The van der Waals surface area contributed by atoms with Gasteiger partial charge in [0.25, 0.3) is 0 Å². The quantitative estimate of drug-likeness (QED) is 0.928. The Bertz CT molecular complexity index is 555. The van der Waals surface area contributed by atoms with Crippen LogP contribution < -0.4 is 10.2 Å². The van der Waals surface area contributed by atoms with Gasteiger partial charge < -0.3 is 10.2 Å². The largest absolute Gasteiger partial charge is 0.380 e. The highest BCUT2D eigenvalue weighted by Gasteiger charge is 2.05. The van der Waals surface area contributed by atoms with Crippen LogP contribution in [-0.4, -0.2) is 19.1 Å². The molecule has 3 nitrogen and oxygen atoms in total. The molecular formula is C14H15ClFN3. The average Bonchev–Trinajstić information content (AvgIpc) is 2.41. The molecule has 0 atom stereocenters. The minimum absolute atomic E-state index is 0.139. The second-order valence-corrected chi connectivity index (χ2v) is 4.77. The number of rotatable bonds is 4. The summed E-state index contributed by atoms with van der Waals surface area (Å²) >= 11 is 5.73. The Morgan fingerprint density at radius 2 is 2.05 bits per heavy atom. The normalized spacial score (nSPS) is 10.3. The molecule has 1 heterocycles. The summed E-state index contributed by atoms with van der Waals surface area (Å²) in [5.41, 5.74) is 1.37. The molecule has 1 aromatic carbocycles. The van der Waals surface area contributed by atoms with E-state index in [9.17, 15) is 4.39 Å². The van der Waals surface area contributed by atoms with E-state index in [4.69, 9.17) is 11.6 Å². The van der Waals surface area contributed by atoms with Gasteiger partial charge in [-0.1, -0.05) is 23.7 Å². The maximum atomic E-state index is 13.7. The third-order valence-electron chi connectivity index (χ3n) is 2.72. The highest BCUT2D eigenvalue weighted by Crippen LogP contribution is 2.19. The number of halogens is 2. The molecule has 1 aromatic heterocycles. The molecule has 0 unspecified atom stereocenters. The van der Waals surface area contributed by atoms with Gasteiger partial charge in [0.1, 0.15) is 11.6 Å². The molecule has 0 aliphatic rings. The number of pyridine rings is 1. The maximum Gasteiger partial charge on any atom is 0.146 e. The van der Waals surface area contributed by atoms with Crippen LogP contribution in [0.15, 0.2) is 36.5 Å². The zero-order valence-electron chi connectivity index (χ0n) is 10.8. The molecule has 1 N–H and O–H groups in total. The summed E-state index contributed by atoms with van der Waals surface area (Å²) in [4.78, 5) is 6.19. The Labute approximate surface area is 117 Å². The lowest BCUT2D eigenvalue weighted by Gasteiger charge is -2.12. The standard InChI is InChI=1S/C14H15ClFN3/c1-19(2)13-7-6-11(9-18-13)17-8-10-4-3-5-12(15)14(10)16/h3-7,9,17H,8H2,1-2H3. The number of aromatic nitrogens is 1. The van der Waals surface area contributed by atoms with E-state index in [-0.39, 0.29) is 10.8 Å². The lowest BCUT2D eigenvalue weighted by molar-refractivity contribution is 0.613. The third-order valence-corrected chi connectivity index (χ3v) is 3.01. The predicted molar refractivity (Wildman–Crippen MR) is 77.3 cm³/mol. The van der Waals surface area contributed by atoms with Crippen molar-refractivity contribution in [3.63, 3.8) is 0 Å². The Kier molecular flexibility index (Phi) is 4.22. The molecule has 19 heavy (non-hydrogen) atoms. The van der Waals surface area contributed by atoms with E-state index >= 15 is 0 Å². The smallest absolute Gasteiger partial charge is 0.146 e. The second-order valence-electron chi connectivity index (χ2n) is 4.37. The van der Waals surface area contributed by atoms with Crippen molar-refractivity contribution in [2.75, 3.05) is 24.3 Å². The van der Waals surface area contributed by atoms with Gasteiger partial charge in [-0.15, -0.1) is 0 Å². The van der Waals surface area contributed by atoms with Crippen molar-refractivity contribution in [3.05, 3.63) is 52.9 Å². The lowest BCUT2D eigenvalue weighted by Crippen LogP contribution is -2.10. The second kappa shape index (κ2) is 5.89. The number of anilines is 2. The number of hydrogen-bond donors (Lipinski definition) is 1. The number of nitrogens with one attached hydrogen (secondary N) is 1. The molecule has 0 bridgehead atoms. The van der Waals surface area contributed by atoms with Crippen LogP contribution in [0, 0.1) is 5.82 Å². The molecular weight excluding hydrogens is 265 g/mol. The average molecular weight is 280 g/mol. The van der Waals surface area contributed by atoms with Crippen LogP contribution in [0.4, 0.5) is 15.9 Å². The first-order valence-corrected chi connectivity index (χ1v) is 6.26. The summed E-state index contributed by atoms with van der Waals surface area (Å²) in [7, 11) is 3.85. The molecule has 0 amide bonds. The third kappa shape index (κ3) is 3.35. The van der Waals surface area contributed by atoms with E-state index in [0.717, 1.165) is 11.5 Å². The van der Waals surface area contributed by atoms with Gasteiger partial charge in [0, 0.05) is 26.2 Å². The Hall–Kier alpha value is -1.81. The van der Waals surface area contributed by atoms with Crippen molar-refractivity contribution in [3.8, 4) is 0 Å². The van der Waals surface area contributed by atoms with Gasteiger partial charge in [-0.05, 0) is 18.2 Å². The summed E-state index contributed by atoms with van der Waals surface area (Å²) in [6.45, 7) is 0.370. The van der Waals surface area contributed by atoms with Crippen molar-refractivity contribution >= 4 is 23.1 Å². The van der Waals surface area contributed by atoms with Gasteiger partial charge >= 0.3 is 0 Å². The molecule has 2 aromatic rings. The topological polar surface area (TPSA) is 28.2 Å². The molecule has 0 saturated carbocycles. The van der Waals surface area contributed by atoms with Crippen LogP contribution >= 0.6 is 11.6 Å². The van der Waals surface area contributed by atoms with Crippen molar-refractivity contribution in [2.24, 2.45) is 0 Å². The zero-order valence-corrected chi connectivity index (χ0v) is 11.6. The first-order chi connectivity index (χ1) is 9.08. The van der Waals surface area contributed by atoms with Crippen molar-refractivity contribution in [1.82, 2.24) is 4.98 Å². The van der Waals surface area contributed by atoms with Crippen molar-refractivity contribution in [1.29, 1.82) is 0 Å². The first kappa shape index (κ1) is 13.6. The summed E-state index contributed by atoms with van der Waals surface area (Å²) in [6.07, 6.45) is 1.72. The number of nitrogens with zero attached hydrogens (tertiary/aromatic N) is 2. The molecule has 0 fully saturated rings. The fourth-order valence-corrected chi connectivity index (χ4v) is 1.83. The van der Waals surface area contributed by atoms with Crippen LogP contribution in [0.1, 0.15) is 5.56 Å². The Balaban J connectivity index is 2.04. The van der Waals surface area contributed by atoms with Crippen LogP contribution in [0.5, 0.6) is 0 Å². The predicted octanol–water partition coefficient (Wildman–Crippen LogP) is 3.55. The summed E-state index contributed by atoms with van der Waals surface area (Å²) in [6, 6.07) is 8.78. The minimum atomic E-state index is -0.380. The van der Waals surface area contributed by atoms with E-state index in [0.29, 0.717) is 12.1 Å². The molecule has 0 saturated heterocycles. The fourth-order valence-electron chi connectivity index (χ4n) is 1.64. The van der Waals surface area contributed by atoms with Gasteiger partial charge in [0.2, 0.25) is 0 Å². The molecule has 100 valence electrons. The van der Waals surface area contributed by atoms with E-state index in [1.807, 2.05) is 31.1 Å². The minimum Gasteiger partial charge on any atom is -0.380 e. The van der Waals surface area contributed by atoms with Gasteiger partial charge in [-0.2, -0.15) is 0 Å². The molecule has 0 aliphatic carbocycles. The zero-order chi connectivity index (χ0) is 13.8. The van der Waals surface area contributed by atoms with Crippen LogP contribution in [-0.2, 0) is 6.54 Å². The van der Waals surface area contributed by atoms with Gasteiger partial charge in [-0.25, -0.2) is 9.37 Å². The number of hydrogen-bond acceptors (Lipinski definition) is 3. The summed E-state index contributed by atoms with van der Waals surface area (Å²) in [5.74, 6) is 0.494. The van der Waals surface area contributed by atoms with Crippen LogP contribution in [0.3, 0.4) is 0 Å². The first-order valence-electron chi connectivity index (χ1n) is 5.88. The fraction of sp³-hybridized carbons (Fsp3) is 0.214.